The van der Waals surface area contributed by atoms with Gasteiger partial charge in [-0.15, -0.1) is 11.3 Å². The first kappa shape index (κ1) is 16.6. The average Bonchev–Trinajstić information content (AvgIpc) is 3.01. The number of rotatable bonds is 7. The number of methoxy groups -OCH3 is 2. The lowest BCUT2D eigenvalue weighted by Gasteiger charge is -2.26. The normalized spacial score (nSPS) is 12.1. The second-order valence-corrected chi connectivity index (χ2v) is 6.01. The molecule has 0 aromatic carbocycles. The lowest BCUT2D eigenvalue weighted by molar-refractivity contribution is 0.0599. The smallest absolute Gasteiger partial charge is 0.264 e. The van der Waals surface area contributed by atoms with Crippen LogP contribution in [0.2, 0.25) is 0 Å². The molecule has 0 saturated carbocycles. The second-order valence-electron chi connectivity index (χ2n) is 4.84. The Morgan fingerprint density at radius 2 is 2.09 bits per heavy atom. The van der Waals surface area contributed by atoms with Crippen LogP contribution in [-0.4, -0.2) is 43.7 Å². The van der Waals surface area contributed by atoms with Gasteiger partial charge in [0.1, 0.15) is 0 Å². The maximum atomic E-state index is 12.7. The quantitative estimate of drug-likeness (QED) is 0.787. The fourth-order valence-corrected chi connectivity index (χ4v) is 3.12. The van der Waals surface area contributed by atoms with E-state index in [1.54, 1.807) is 32.4 Å². The summed E-state index contributed by atoms with van der Waals surface area (Å²) in [5.74, 6) is -0.0416. The van der Waals surface area contributed by atoms with Crippen LogP contribution in [0.25, 0.3) is 0 Å². The Balaban J connectivity index is 2.18. The van der Waals surface area contributed by atoms with Crippen molar-refractivity contribution < 1.29 is 14.3 Å². The van der Waals surface area contributed by atoms with Gasteiger partial charge >= 0.3 is 0 Å². The third-order valence-electron chi connectivity index (χ3n) is 3.30. The molecule has 1 unspecified atom stereocenters. The van der Waals surface area contributed by atoms with Crippen molar-refractivity contribution in [1.29, 1.82) is 0 Å². The van der Waals surface area contributed by atoms with Gasteiger partial charge in [0.15, 0.2) is 0 Å². The van der Waals surface area contributed by atoms with Crippen LogP contribution in [0.5, 0.6) is 0 Å². The first-order valence-electron chi connectivity index (χ1n) is 6.92. The molecule has 0 aliphatic rings. The monoisotopic (exact) mass is 320 g/mol. The lowest BCUT2D eigenvalue weighted by Crippen LogP contribution is -2.33. The topological polar surface area (TPSA) is 51.7 Å². The summed E-state index contributed by atoms with van der Waals surface area (Å²) in [5, 5.41) is 0. The van der Waals surface area contributed by atoms with Crippen LogP contribution in [0.3, 0.4) is 0 Å². The first-order chi connectivity index (χ1) is 10.7. The summed E-state index contributed by atoms with van der Waals surface area (Å²) >= 11 is 1.45. The molecule has 118 valence electrons. The van der Waals surface area contributed by atoms with Crippen LogP contribution in [0.4, 0.5) is 0 Å². The second kappa shape index (κ2) is 8.03. The third kappa shape index (κ3) is 3.91. The summed E-state index contributed by atoms with van der Waals surface area (Å²) in [7, 11) is 5.04. The number of hydrogen-bond donors (Lipinski definition) is 0. The predicted molar refractivity (Wildman–Crippen MR) is 86.0 cm³/mol. The molecule has 0 aliphatic heterocycles. The van der Waals surface area contributed by atoms with Gasteiger partial charge in [-0.1, -0.05) is 6.07 Å². The highest BCUT2D eigenvalue weighted by atomic mass is 32.1. The molecule has 0 spiro atoms. The van der Waals surface area contributed by atoms with Crippen molar-refractivity contribution in [3.8, 4) is 0 Å². The highest BCUT2D eigenvalue weighted by Crippen LogP contribution is 2.24. The van der Waals surface area contributed by atoms with Gasteiger partial charge in [0.25, 0.3) is 5.91 Å². The Kier molecular flexibility index (Phi) is 6.06. The highest BCUT2D eigenvalue weighted by Gasteiger charge is 2.24. The van der Waals surface area contributed by atoms with Gasteiger partial charge in [-0.3, -0.25) is 9.78 Å². The zero-order valence-corrected chi connectivity index (χ0v) is 13.8. The third-order valence-corrected chi connectivity index (χ3v) is 4.35. The molecule has 1 atom stereocenters. The van der Waals surface area contributed by atoms with Gasteiger partial charge in [-0.25, -0.2) is 0 Å². The molecule has 1 amide bonds. The van der Waals surface area contributed by atoms with Crippen molar-refractivity contribution in [2.75, 3.05) is 27.9 Å². The molecule has 0 bridgehead atoms. The van der Waals surface area contributed by atoms with Gasteiger partial charge in [-0.05, 0) is 24.3 Å². The Bertz CT molecular complexity index is 600. The summed E-state index contributed by atoms with van der Waals surface area (Å²) in [6.45, 7) is 0.916. The van der Waals surface area contributed by atoms with E-state index in [1.165, 1.54) is 11.3 Å². The van der Waals surface area contributed by atoms with Crippen molar-refractivity contribution in [2.24, 2.45) is 0 Å². The molecule has 0 radical (unpaired) electrons. The van der Waals surface area contributed by atoms with Crippen LogP contribution in [0.1, 0.15) is 26.3 Å². The molecule has 0 saturated heterocycles. The molecule has 0 N–H and O–H groups in total. The number of nitrogens with zero attached hydrogens (tertiary/aromatic N) is 2. The molecule has 2 heterocycles. The van der Waals surface area contributed by atoms with E-state index in [1.807, 2.05) is 30.3 Å². The molecule has 2 rings (SSSR count). The Morgan fingerprint density at radius 1 is 1.27 bits per heavy atom. The van der Waals surface area contributed by atoms with E-state index in [9.17, 15) is 4.79 Å². The van der Waals surface area contributed by atoms with Crippen molar-refractivity contribution >= 4 is 17.2 Å². The maximum Gasteiger partial charge on any atom is 0.264 e. The predicted octanol–water partition coefficient (Wildman–Crippen LogP) is 2.75. The number of ether oxygens (including phenoxy) is 2. The SMILES string of the molecule is COCc1ccc(C(=O)N(C)C(COC)c2ccccn2)s1. The minimum Gasteiger partial charge on any atom is -0.382 e. The molecule has 22 heavy (non-hydrogen) atoms. The minimum absolute atomic E-state index is 0.0416. The number of amides is 1. The number of aromatic nitrogens is 1. The Labute approximate surface area is 134 Å². The van der Waals surface area contributed by atoms with E-state index in [2.05, 4.69) is 4.98 Å². The molecule has 2 aromatic rings. The summed E-state index contributed by atoms with van der Waals surface area (Å²) in [6.07, 6.45) is 1.72. The van der Waals surface area contributed by atoms with Crippen molar-refractivity contribution in [1.82, 2.24) is 9.88 Å². The number of pyridine rings is 1. The number of hydrogen-bond acceptors (Lipinski definition) is 5. The fraction of sp³-hybridized carbons (Fsp3) is 0.375. The average molecular weight is 320 g/mol. The van der Waals surface area contributed by atoms with E-state index in [4.69, 9.17) is 9.47 Å². The molecule has 6 heteroatoms. The van der Waals surface area contributed by atoms with Gasteiger partial charge in [-0.2, -0.15) is 0 Å². The van der Waals surface area contributed by atoms with E-state index in [0.29, 0.717) is 18.1 Å². The largest absolute Gasteiger partial charge is 0.382 e. The number of carbonyl (C=O) groups excluding carboxylic acids is 1. The van der Waals surface area contributed by atoms with Crippen LogP contribution >= 0.6 is 11.3 Å². The molecule has 0 aliphatic carbocycles. The lowest BCUT2D eigenvalue weighted by atomic mass is 10.1. The van der Waals surface area contributed by atoms with Gasteiger partial charge < -0.3 is 14.4 Å². The first-order valence-corrected chi connectivity index (χ1v) is 7.73. The van der Waals surface area contributed by atoms with Gasteiger partial charge in [0.05, 0.1) is 29.8 Å². The van der Waals surface area contributed by atoms with Crippen molar-refractivity contribution in [2.45, 2.75) is 12.6 Å². The van der Waals surface area contributed by atoms with Crippen LogP contribution in [0.15, 0.2) is 36.5 Å². The standard InChI is InChI=1S/C16H20N2O3S/c1-18(14(11-21-3)13-6-4-5-9-17-13)16(19)15-8-7-12(22-15)10-20-2/h4-9,14H,10-11H2,1-3H3. The maximum absolute atomic E-state index is 12.7. The summed E-state index contributed by atoms with van der Waals surface area (Å²) in [4.78, 5) is 20.4. The molecule has 2 aromatic heterocycles. The number of carbonyl (C=O) groups is 1. The fourth-order valence-electron chi connectivity index (χ4n) is 2.15. The number of thiophene rings is 1. The van der Waals surface area contributed by atoms with Gasteiger partial charge in [0.2, 0.25) is 0 Å². The van der Waals surface area contributed by atoms with E-state index in [-0.39, 0.29) is 11.9 Å². The molecule has 5 nitrogen and oxygen atoms in total. The Hall–Kier alpha value is -1.76. The molecular weight excluding hydrogens is 300 g/mol. The van der Waals surface area contributed by atoms with E-state index < -0.39 is 0 Å². The zero-order valence-electron chi connectivity index (χ0n) is 13.0. The zero-order chi connectivity index (χ0) is 15.9. The van der Waals surface area contributed by atoms with E-state index in [0.717, 1.165) is 10.6 Å². The summed E-state index contributed by atoms with van der Waals surface area (Å²) in [6, 6.07) is 9.20. The van der Waals surface area contributed by atoms with Crippen LogP contribution in [-0.2, 0) is 16.1 Å². The summed E-state index contributed by atoms with van der Waals surface area (Å²) < 4.78 is 10.4. The van der Waals surface area contributed by atoms with E-state index >= 15 is 0 Å². The molecular formula is C16H20N2O3S. The van der Waals surface area contributed by atoms with Gasteiger partial charge in [0, 0.05) is 32.3 Å². The van der Waals surface area contributed by atoms with Crippen molar-refractivity contribution in [3.05, 3.63) is 52.0 Å². The summed E-state index contributed by atoms with van der Waals surface area (Å²) in [5.41, 5.74) is 0.814. The Morgan fingerprint density at radius 3 is 2.73 bits per heavy atom. The highest BCUT2D eigenvalue weighted by molar-refractivity contribution is 7.14. The minimum atomic E-state index is -0.216. The molecule has 0 fully saturated rings. The number of likely N-dealkylation sites (N-methyl/N-ethyl adjacent to an activating group) is 1. The van der Waals surface area contributed by atoms with Crippen LogP contribution < -0.4 is 0 Å². The van der Waals surface area contributed by atoms with Crippen LogP contribution in [0, 0.1) is 0 Å². The van der Waals surface area contributed by atoms with Crippen molar-refractivity contribution in [3.63, 3.8) is 0 Å².